The highest BCUT2D eigenvalue weighted by Crippen LogP contribution is 2.12. The van der Waals surface area contributed by atoms with E-state index in [1.165, 1.54) is 12.3 Å². The number of aliphatic carboxylic acids is 1. The Kier molecular flexibility index (Phi) is 5.24. The second kappa shape index (κ2) is 6.69. The molecule has 1 atom stereocenters. The summed E-state index contributed by atoms with van der Waals surface area (Å²) in [6.45, 7) is 3.25. The SMILES string of the molecule is CCOC(=O)C(C)O/N=C(\C(=O)O)c1csc(N)n1. The van der Waals surface area contributed by atoms with E-state index in [0.29, 0.717) is 0 Å². The summed E-state index contributed by atoms with van der Waals surface area (Å²) in [5, 5.41) is 14.0. The fourth-order valence-electron chi connectivity index (χ4n) is 1.03. The van der Waals surface area contributed by atoms with Crippen molar-refractivity contribution >= 4 is 34.1 Å². The van der Waals surface area contributed by atoms with E-state index in [4.69, 9.17) is 20.4 Å². The van der Waals surface area contributed by atoms with Crippen molar-refractivity contribution < 1.29 is 24.3 Å². The Bertz CT molecular complexity index is 499. The number of rotatable bonds is 6. The second-order valence-corrected chi connectivity index (χ2v) is 4.21. The number of carboxylic acids is 1. The van der Waals surface area contributed by atoms with Crippen LogP contribution in [0.15, 0.2) is 10.5 Å². The molecule has 1 unspecified atom stereocenters. The molecule has 1 aromatic heterocycles. The standard InChI is InChI=1S/C10H13N3O5S/c1-3-17-9(16)5(2)18-13-7(8(14)15)6-4-19-10(11)12-6/h4-5H,3H2,1-2H3,(H2,11,12)(H,14,15)/b13-7-. The quantitative estimate of drug-likeness (QED) is 0.443. The molecule has 19 heavy (non-hydrogen) atoms. The van der Waals surface area contributed by atoms with Crippen LogP contribution in [0.25, 0.3) is 0 Å². The van der Waals surface area contributed by atoms with E-state index in [1.807, 2.05) is 0 Å². The van der Waals surface area contributed by atoms with Crippen molar-refractivity contribution in [3.63, 3.8) is 0 Å². The minimum absolute atomic E-state index is 0.0751. The number of carbonyl (C=O) groups excluding carboxylic acids is 1. The molecule has 0 aliphatic heterocycles. The van der Waals surface area contributed by atoms with Gasteiger partial charge in [0.2, 0.25) is 11.8 Å². The summed E-state index contributed by atoms with van der Waals surface area (Å²) in [6.07, 6.45) is -1.01. The maximum Gasteiger partial charge on any atom is 0.360 e. The summed E-state index contributed by atoms with van der Waals surface area (Å²) in [4.78, 5) is 30.9. The predicted molar refractivity (Wildman–Crippen MR) is 67.9 cm³/mol. The molecule has 0 radical (unpaired) electrons. The summed E-state index contributed by atoms with van der Waals surface area (Å²) in [7, 11) is 0. The number of nitrogens with zero attached hydrogens (tertiary/aromatic N) is 2. The van der Waals surface area contributed by atoms with E-state index in [1.54, 1.807) is 6.92 Å². The van der Waals surface area contributed by atoms with Crippen molar-refractivity contribution in [2.75, 3.05) is 12.3 Å². The molecular formula is C10H13N3O5S. The molecule has 1 heterocycles. The molecule has 9 heteroatoms. The highest BCUT2D eigenvalue weighted by Gasteiger charge is 2.20. The first-order chi connectivity index (χ1) is 8.95. The Morgan fingerprint density at radius 2 is 2.32 bits per heavy atom. The zero-order chi connectivity index (χ0) is 14.4. The lowest BCUT2D eigenvalue weighted by Crippen LogP contribution is -2.23. The lowest BCUT2D eigenvalue weighted by molar-refractivity contribution is -0.155. The molecule has 0 aromatic carbocycles. The number of nitrogen functional groups attached to an aromatic ring is 1. The first-order valence-electron chi connectivity index (χ1n) is 5.30. The van der Waals surface area contributed by atoms with Gasteiger partial charge in [0.05, 0.1) is 6.61 Å². The smallest absolute Gasteiger partial charge is 0.360 e. The van der Waals surface area contributed by atoms with Crippen molar-refractivity contribution in [1.29, 1.82) is 0 Å². The highest BCUT2D eigenvalue weighted by molar-refractivity contribution is 7.13. The summed E-state index contributed by atoms with van der Waals surface area (Å²) in [5.74, 6) is -1.96. The molecule has 0 bridgehead atoms. The van der Waals surface area contributed by atoms with E-state index < -0.39 is 23.8 Å². The summed E-state index contributed by atoms with van der Waals surface area (Å²) in [5.41, 5.74) is 5.05. The van der Waals surface area contributed by atoms with Gasteiger partial charge in [-0.15, -0.1) is 11.3 Å². The fraction of sp³-hybridized carbons (Fsp3) is 0.400. The maximum absolute atomic E-state index is 11.3. The number of oxime groups is 1. The predicted octanol–water partition coefficient (Wildman–Crippen LogP) is 0.482. The molecule has 8 nitrogen and oxygen atoms in total. The van der Waals surface area contributed by atoms with E-state index in [0.717, 1.165) is 11.3 Å². The number of thiazole rings is 1. The molecule has 104 valence electrons. The van der Waals surface area contributed by atoms with Crippen LogP contribution in [-0.4, -0.2) is 40.5 Å². The molecule has 3 N–H and O–H groups in total. The van der Waals surface area contributed by atoms with Crippen molar-refractivity contribution in [2.45, 2.75) is 20.0 Å². The van der Waals surface area contributed by atoms with Crippen molar-refractivity contribution in [3.05, 3.63) is 11.1 Å². The van der Waals surface area contributed by atoms with Gasteiger partial charge >= 0.3 is 11.9 Å². The number of carboxylic acid groups (broad SMARTS) is 1. The van der Waals surface area contributed by atoms with Crippen LogP contribution in [0, 0.1) is 0 Å². The number of anilines is 1. The Labute approximate surface area is 112 Å². The molecule has 1 rings (SSSR count). The number of hydrogen-bond acceptors (Lipinski definition) is 8. The highest BCUT2D eigenvalue weighted by atomic mass is 32.1. The number of carbonyl (C=O) groups is 2. The number of nitrogens with two attached hydrogens (primary N) is 1. The van der Waals surface area contributed by atoms with Gasteiger partial charge in [0.25, 0.3) is 0 Å². The average molecular weight is 287 g/mol. The van der Waals surface area contributed by atoms with Crippen molar-refractivity contribution in [1.82, 2.24) is 4.98 Å². The normalized spacial score (nSPS) is 12.8. The Hall–Kier alpha value is -2.16. The topological polar surface area (TPSA) is 124 Å². The van der Waals surface area contributed by atoms with E-state index in [9.17, 15) is 9.59 Å². The van der Waals surface area contributed by atoms with Crippen LogP contribution in [0.5, 0.6) is 0 Å². The average Bonchev–Trinajstić information content (AvgIpc) is 2.75. The van der Waals surface area contributed by atoms with E-state index in [-0.39, 0.29) is 17.4 Å². The molecule has 0 aliphatic rings. The number of hydrogen-bond donors (Lipinski definition) is 2. The molecule has 0 saturated carbocycles. The second-order valence-electron chi connectivity index (χ2n) is 3.32. The van der Waals surface area contributed by atoms with Crippen molar-refractivity contribution in [2.24, 2.45) is 5.16 Å². The van der Waals surface area contributed by atoms with E-state index in [2.05, 4.69) is 10.1 Å². The van der Waals surface area contributed by atoms with Crippen LogP contribution >= 0.6 is 11.3 Å². The van der Waals surface area contributed by atoms with Gasteiger partial charge in [0.15, 0.2) is 5.13 Å². The largest absolute Gasteiger partial charge is 0.476 e. The molecule has 0 spiro atoms. The maximum atomic E-state index is 11.3. The van der Waals surface area contributed by atoms with Crippen LogP contribution in [0.1, 0.15) is 19.5 Å². The van der Waals surface area contributed by atoms with Gasteiger partial charge in [-0.25, -0.2) is 14.6 Å². The first-order valence-corrected chi connectivity index (χ1v) is 6.18. The zero-order valence-electron chi connectivity index (χ0n) is 10.3. The summed E-state index contributed by atoms with van der Waals surface area (Å²) >= 11 is 1.07. The van der Waals surface area contributed by atoms with Gasteiger partial charge in [0, 0.05) is 5.38 Å². The van der Waals surface area contributed by atoms with Crippen LogP contribution < -0.4 is 5.73 Å². The Balaban J connectivity index is 2.80. The summed E-state index contributed by atoms with van der Waals surface area (Å²) < 4.78 is 4.69. The molecule has 0 fully saturated rings. The third kappa shape index (κ3) is 4.21. The fourth-order valence-corrected chi connectivity index (χ4v) is 1.57. The third-order valence-corrected chi connectivity index (χ3v) is 2.56. The lowest BCUT2D eigenvalue weighted by atomic mass is 10.3. The molecule has 0 saturated heterocycles. The van der Waals surface area contributed by atoms with Crippen molar-refractivity contribution in [3.8, 4) is 0 Å². The summed E-state index contributed by atoms with van der Waals surface area (Å²) in [6, 6.07) is 0. The monoisotopic (exact) mass is 287 g/mol. The van der Waals surface area contributed by atoms with Gasteiger partial charge in [-0.1, -0.05) is 5.16 Å². The number of ether oxygens (including phenoxy) is 1. The first kappa shape index (κ1) is 14.9. The lowest BCUT2D eigenvalue weighted by Gasteiger charge is -2.08. The van der Waals surface area contributed by atoms with Gasteiger partial charge in [-0.05, 0) is 13.8 Å². The molecular weight excluding hydrogens is 274 g/mol. The number of esters is 1. The molecule has 0 aliphatic carbocycles. The molecule has 0 amide bonds. The molecule has 1 aromatic rings. The van der Waals surface area contributed by atoms with Crippen LogP contribution in [0.3, 0.4) is 0 Å². The Morgan fingerprint density at radius 3 is 2.79 bits per heavy atom. The van der Waals surface area contributed by atoms with Crippen LogP contribution in [0.2, 0.25) is 0 Å². The van der Waals surface area contributed by atoms with E-state index >= 15 is 0 Å². The van der Waals surface area contributed by atoms with Gasteiger partial charge in [-0.2, -0.15) is 0 Å². The third-order valence-electron chi connectivity index (χ3n) is 1.89. The Morgan fingerprint density at radius 1 is 1.63 bits per heavy atom. The van der Waals surface area contributed by atoms with Crippen LogP contribution in [0.4, 0.5) is 5.13 Å². The number of aromatic nitrogens is 1. The van der Waals surface area contributed by atoms with Gasteiger partial charge in [0.1, 0.15) is 5.69 Å². The van der Waals surface area contributed by atoms with Gasteiger partial charge < -0.3 is 20.4 Å². The minimum Gasteiger partial charge on any atom is -0.476 e. The van der Waals surface area contributed by atoms with Gasteiger partial charge in [-0.3, -0.25) is 0 Å². The zero-order valence-corrected chi connectivity index (χ0v) is 11.1. The minimum atomic E-state index is -1.33. The van der Waals surface area contributed by atoms with Crippen LogP contribution in [-0.2, 0) is 19.2 Å².